The molecule has 28 heavy (non-hydrogen) atoms. The molecule has 0 saturated heterocycles. The minimum Gasteiger partial charge on any atom is -0.485 e. The molecule has 0 aliphatic carbocycles. The Hall–Kier alpha value is -3.31. The SMILES string of the molecule is COC(C(=O)O)c1cccc(OCc2ccccc2)c1OCc1ccccc1. The van der Waals surface area contributed by atoms with Gasteiger partial charge in [-0.15, -0.1) is 0 Å². The second-order valence-corrected chi connectivity index (χ2v) is 6.18. The van der Waals surface area contributed by atoms with Gasteiger partial charge >= 0.3 is 5.97 Å². The molecule has 0 heterocycles. The van der Waals surface area contributed by atoms with Crippen molar-refractivity contribution in [2.45, 2.75) is 19.3 Å². The molecule has 0 spiro atoms. The molecule has 0 aliphatic heterocycles. The van der Waals surface area contributed by atoms with Gasteiger partial charge in [-0.25, -0.2) is 4.79 Å². The number of carboxylic acid groups (broad SMARTS) is 1. The van der Waals surface area contributed by atoms with E-state index in [9.17, 15) is 9.90 Å². The summed E-state index contributed by atoms with van der Waals surface area (Å²) in [6.45, 7) is 0.631. The smallest absolute Gasteiger partial charge is 0.337 e. The fraction of sp³-hybridized carbons (Fsp3) is 0.174. The molecule has 0 amide bonds. The summed E-state index contributed by atoms with van der Waals surface area (Å²) in [6.07, 6.45) is -1.15. The Morgan fingerprint density at radius 3 is 1.93 bits per heavy atom. The van der Waals surface area contributed by atoms with Crippen molar-refractivity contribution in [1.29, 1.82) is 0 Å². The number of ether oxygens (including phenoxy) is 3. The van der Waals surface area contributed by atoms with Crippen LogP contribution in [-0.4, -0.2) is 18.2 Å². The van der Waals surface area contributed by atoms with Crippen molar-refractivity contribution in [3.8, 4) is 11.5 Å². The molecule has 3 aromatic rings. The van der Waals surface area contributed by atoms with Crippen LogP contribution in [0.25, 0.3) is 0 Å². The van der Waals surface area contributed by atoms with Gasteiger partial charge in [0.1, 0.15) is 13.2 Å². The van der Waals surface area contributed by atoms with Crippen LogP contribution in [0.5, 0.6) is 11.5 Å². The van der Waals surface area contributed by atoms with E-state index in [-0.39, 0.29) is 6.61 Å². The van der Waals surface area contributed by atoms with Crippen molar-refractivity contribution >= 4 is 5.97 Å². The predicted molar refractivity (Wildman–Crippen MR) is 105 cm³/mol. The van der Waals surface area contributed by atoms with Gasteiger partial charge < -0.3 is 19.3 Å². The molecular formula is C23H22O5. The van der Waals surface area contributed by atoms with Gasteiger partial charge in [0, 0.05) is 12.7 Å². The van der Waals surface area contributed by atoms with Crippen LogP contribution < -0.4 is 9.47 Å². The molecule has 144 valence electrons. The number of aliphatic carboxylic acids is 1. The maximum atomic E-state index is 11.6. The van der Waals surface area contributed by atoms with Gasteiger partial charge in [-0.3, -0.25) is 0 Å². The summed E-state index contributed by atoms with van der Waals surface area (Å²) in [6, 6.07) is 24.6. The second kappa shape index (κ2) is 9.58. The maximum Gasteiger partial charge on any atom is 0.337 e. The Morgan fingerprint density at radius 2 is 1.39 bits per heavy atom. The Kier molecular flexibility index (Phi) is 6.65. The number of para-hydroxylation sites is 1. The second-order valence-electron chi connectivity index (χ2n) is 6.18. The summed E-state index contributed by atoms with van der Waals surface area (Å²) in [7, 11) is 1.36. The monoisotopic (exact) mass is 378 g/mol. The van der Waals surface area contributed by atoms with E-state index in [1.807, 2.05) is 60.7 Å². The number of carboxylic acids is 1. The molecule has 1 N–H and O–H groups in total. The Morgan fingerprint density at radius 1 is 0.821 bits per heavy atom. The van der Waals surface area contributed by atoms with Crippen LogP contribution in [0.4, 0.5) is 0 Å². The molecule has 5 heteroatoms. The van der Waals surface area contributed by atoms with Gasteiger partial charge in [0.05, 0.1) is 0 Å². The molecule has 3 rings (SSSR count). The highest BCUT2D eigenvalue weighted by molar-refractivity contribution is 5.76. The molecule has 0 bridgehead atoms. The van der Waals surface area contributed by atoms with E-state index < -0.39 is 12.1 Å². The van der Waals surface area contributed by atoms with Crippen molar-refractivity contribution in [3.63, 3.8) is 0 Å². The van der Waals surface area contributed by atoms with Crippen LogP contribution in [-0.2, 0) is 22.7 Å². The lowest BCUT2D eigenvalue weighted by atomic mass is 10.1. The average molecular weight is 378 g/mol. The third kappa shape index (κ3) is 4.90. The first-order valence-corrected chi connectivity index (χ1v) is 8.91. The van der Waals surface area contributed by atoms with Crippen LogP contribution in [0.2, 0.25) is 0 Å². The first-order chi connectivity index (χ1) is 13.7. The van der Waals surface area contributed by atoms with E-state index >= 15 is 0 Å². The van der Waals surface area contributed by atoms with Gasteiger partial charge in [0.25, 0.3) is 0 Å². The van der Waals surface area contributed by atoms with Crippen LogP contribution >= 0.6 is 0 Å². The summed E-state index contributed by atoms with van der Waals surface area (Å²) in [4.78, 5) is 11.6. The highest BCUT2D eigenvalue weighted by Crippen LogP contribution is 2.37. The van der Waals surface area contributed by atoms with Crippen LogP contribution in [0.15, 0.2) is 78.9 Å². The third-order valence-electron chi connectivity index (χ3n) is 4.21. The van der Waals surface area contributed by atoms with Crippen molar-refractivity contribution in [2.75, 3.05) is 7.11 Å². The number of rotatable bonds is 9. The zero-order valence-corrected chi connectivity index (χ0v) is 15.6. The molecule has 1 atom stereocenters. The quantitative estimate of drug-likeness (QED) is 0.589. The standard InChI is InChI=1S/C23H22O5/c1-26-22(23(24)25)19-13-8-14-20(27-15-17-9-4-2-5-10-17)21(19)28-16-18-11-6-3-7-12-18/h2-14,22H,15-16H2,1H3,(H,24,25). The Bertz CT molecular complexity index is 893. The van der Waals surface area contributed by atoms with Crippen molar-refractivity contribution in [3.05, 3.63) is 95.6 Å². The lowest BCUT2D eigenvalue weighted by molar-refractivity contribution is -0.149. The molecular weight excluding hydrogens is 356 g/mol. The van der Waals surface area contributed by atoms with E-state index in [0.29, 0.717) is 23.7 Å². The zero-order valence-electron chi connectivity index (χ0n) is 15.6. The van der Waals surface area contributed by atoms with E-state index in [2.05, 4.69) is 0 Å². The molecule has 0 fully saturated rings. The highest BCUT2D eigenvalue weighted by atomic mass is 16.5. The normalized spacial score (nSPS) is 11.6. The first-order valence-electron chi connectivity index (χ1n) is 8.91. The van der Waals surface area contributed by atoms with Gasteiger partial charge in [-0.05, 0) is 17.2 Å². The van der Waals surface area contributed by atoms with E-state index in [1.54, 1.807) is 18.2 Å². The zero-order chi connectivity index (χ0) is 19.8. The molecule has 0 aliphatic rings. The van der Waals surface area contributed by atoms with Crippen LogP contribution in [0.3, 0.4) is 0 Å². The number of methoxy groups -OCH3 is 1. The third-order valence-corrected chi connectivity index (χ3v) is 4.21. The number of hydrogen-bond donors (Lipinski definition) is 1. The molecule has 0 aromatic heterocycles. The summed E-state index contributed by atoms with van der Waals surface area (Å²) >= 11 is 0. The highest BCUT2D eigenvalue weighted by Gasteiger charge is 2.25. The van der Waals surface area contributed by atoms with Crippen molar-refractivity contribution < 1.29 is 24.1 Å². The Labute approximate surface area is 164 Å². The minimum absolute atomic E-state index is 0.287. The average Bonchev–Trinajstić information content (AvgIpc) is 2.73. The van der Waals surface area contributed by atoms with Gasteiger partial charge in [0.15, 0.2) is 17.6 Å². The summed E-state index contributed by atoms with van der Waals surface area (Å²) < 4.78 is 17.1. The van der Waals surface area contributed by atoms with Gasteiger partial charge in [0.2, 0.25) is 0 Å². The summed E-state index contributed by atoms with van der Waals surface area (Å²) in [5.41, 5.74) is 2.38. The van der Waals surface area contributed by atoms with E-state index in [4.69, 9.17) is 14.2 Å². The van der Waals surface area contributed by atoms with Gasteiger partial charge in [-0.1, -0.05) is 72.8 Å². The Balaban J connectivity index is 1.89. The molecule has 5 nitrogen and oxygen atoms in total. The minimum atomic E-state index is -1.15. The van der Waals surface area contributed by atoms with Gasteiger partial charge in [-0.2, -0.15) is 0 Å². The van der Waals surface area contributed by atoms with Crippen LogP contribution in [0.1, 0.15) is 22.8 Å². The van der Waals surface area contributed by atoms with Crippen molar-refractivity contribution in [1.82, 2.24) is 0 Å². The summed E-state index contributed by atoms with van der Waals surface area (Å²) in [5, 5.41) is 9.51. The maximum absolute atomic E-state index is 11.6. The fourth-order valence-corrected chi connectivity index (χ4v) is 2.83. The lowest BCUT2D eigenvalue weighted by Crippen LogP contribution is -2.15. The fourth-order valence-electron chi connectivity index (χ4n) is 2.83. The molecule has 0 radical (unpaired) electrons. The number of hydrogen-bond acceptors (Lipinski definition) is 4. The largest absolute Gasteiger partial charge is 0.485 e. The molecule has 1 unspecified atom stereocenters. The van der Waals surface area contributed by atoms with Crippen LogP contribution in [0, 0.1) is 0 Å². The number of benzene rings is 3. The van der Waals surface area contributed by atoms with Crippen molar-refractivity contribution in [2.24, 2.45) is 0 Å². The molecule has 3 aromatic carbocycles. The van der Waals surface area contributed by atoms with E-state index in [1.165, 1.54) is 7.11 Å². The lowest BCUT2D eigenvalue weighted by Gasteiger charge is -2.19. The topological polar surface area (TPSA) is 65.0 Å². The number of carbonyl (C=O) groups is 1. The first kappa shape index (κ1) is 19.5. The predicted octanol–water partition coefficient (Wildman–Crippen LogP) is 4.62. The summed E-state index contributed by atoms with van der Waals surface area (Å²) in [5.74, 6) is -0.246. The molecule has 0 saturated carbocycles. The van der Waals surface area contributed by atoms with E-state index in [0.717, 1.165) is 11.1 Å².